The maximum atomic E-state index is 13.6. The highest BCUT2D eigenvalue weighted by Gasteiger charge is 2.13. The van der Waals surface area contributed by atoms with Gasteiger partial charge in [-0.25, -0.2) is 8.78 Å². The number of carbonyl (C=O) groups is 1. The molecular formula is C14H10F2O. The quantitative estimate of drug-likeness (QED) is 0.719. The molecule has 0 aliphatic heterocycles. The lowest BCUT2D eigenvalue weighted by molar-refractivity contribution is 0.101. The molecule has 2 aromatic carbocycles. The Labute approximate surface area is 97.7 Å². The van der Waals surface area contributed by atoms with Gasteiger partial charge in [0.25, 0.3) is 0 Å². The second kappa shape index (κ2) is 4.45. The number of Topliss-reactive ketones (excluding diaryl/α,β-unsaturated/α-hetero) is 1. The minimum atomic E-state index is -1.00. The number of hydrogen-bond donors (Lipinski definition) is 0. The zero-order chi connectivity index (χ0) is 12.4. The third-order valence-corrected chi connectivity index (χ3v) is 2.52. The van der Waals surface area contributed by atoms with Gasteiger partial charge in [0.1, 0.15) is 0 Å². The fraction of sp³-hybridized carbons (Fsp3) is 0.0714. The molecule has 17 heavy (non-hydrogen) atoms. The topological polar surface area (TPSA) is 17.1 Å². The van der Waals surface area contributed by atoms with Crippen molar-refractivity contribution >= 4 is 5.78 Å². The molecule has 0 fully saturated rings. The lowest BCUT2D eigenvalue weighted by Crippen LogP contribution is -1.98. The standard InChI is InChI=1S/C14H10F2O/c1-9(17)11-7-12(14(16)13(15)8-11)10-5-3-2-4-6-10/h2-8H,1H3. The van der Waals surface area contributed by atoms with Crippen LogP contribution in [0.15, 0.2) is 42.5 Å². The van der Waals surface area contributed by atoms with Crippen LogP contribution in [0.2, 0.25) is 0 Å². The molecule has 0 amide bonds. The zero-order valence-electron chi connectivity index (χ0n) is 9.21. The van der Waals surface area contributed by atoms with Gasteiger partial charge in [-0.15, -0.1) is 0 Å². The second-order valence-electron chi connectivity index (χ2n) is 3.74. The highest BCUT2D eigenvalue weighted by atomic mass is 19.2. The average molecular weight is 232 g/mol. The summed E-state index contributed by atoms with van der Waals surface area (Å²) in [5, 5.41) is 0. The molecule has 0 aliphatic carbocycles. The Bertz CT molecular complexity index is 562. The lowest BCUT2D eigenvalue weighted by Gasteiger charge is -2.06. The minimum Gasteiger partial charge on any atom is -0.295 e. The Morgan fingerprint density at radius 2 is 1.71 bits per heavy atom. The number of benzene rings is 2. The predicted molar refractivity (Wildman–Crippen MR) is 61.8 cm³/mol. The maximum absolute atomic E-state index is 13.6. The molecule has 0 saturated heterocycles. The normalized spacial score (nSPS) is 10.3. The van der Waals surface area contributed by atoms with E-state index in [-0.39, 0.29) is 16.9 Å². The van der Waals surface area contributed by atoms with Crippen molar-refractivity contribution in [3.05, 3.63) is 59.7 Å². The summed E-state index contributed by atoms with van der Waals surface area (Å²) in [6.45, 7) is 1.32. The van der Waals surface area contributed by atoms with Crippen molar-refractivity contribution < 1.29 is 13.6 Å². The summed E-state index contributed by atoms with van der Waals surface area (Å²) in [5.41, 5.74) is 0.825. The van der Waals surface area contributed by atoms with Crippen molar-refractivity contribution in [2.75, 3.05) is 0 Å². The molecule has 0 spiro atoms. The minimum absolute atomic E-state index is 0.107. The lowest BCUT2D eigenvalue weighted by atomic mass is 10.0. The third kappa shape index (κ3) is 2.23. The molecule has 0 unspecified atom stereocenters. The summed E-state index contributed by atoms with van der Waals surface area (Å²) >= 11 is 0. The number of halogens is 2. The van der Waals surface area contributed by atoms with Crippen LogP contribution in [0.4, 0.5) is 8.78 Å². The first-order chi connectivity index (χ1) is 8.09. The Morgan fingerprint density at radius 3 is 2.29 bits per heavy atom. The second-order valence-corrected chi connectivity index (χ2v) is 3.74. The molecule has 0 aromatic heterocycles. The van der Waals surface area contributed by atoms with Gasteiger partial charge in [-0.2, -0.15) is 0 Å². The smallest absolute Gasteiger partial charge is 0.166 e. The molecule has 1 nitrogen and oxygen atoms in total. The Morgan fingerprint density at radius 1 is 1.06 bits per heavy atom. The highest BCUT2D eigenvalue weighted by Crippen LogP contribution is 2.26. The van der Waals surface area contributed by atoms with Gasteiger partial charge < -0.3 is 0 Å². The van der Waals surface area contributed by atoms with Crippen molar-refractivity contribution in [1.29, 1.82) is 0 Å². The molecule has 0 saturated carbocycles. The fourth-order valence-electron chi connectivity index (χ4n) is 1.62. The van der Waals surface area contributed by atoms with Crippen molar-refractivity contribution in [3.63, 3.8) is 0 Å². The molecule has 0 radical (unpaired) electrons. The van der Waals surface area contributed by atoms with E-state index in [2.05, 4.69) is 0 Å². The Kier molecular flexibility index (Phi) is 3.00. The molecule has 0 atom stereocenters. The molecular weight excluding hydrogens is 222 g/mol. The van der Waals surface area contributed by atoms with Crippen LogP contribution < -0.4 is 0 Å². The summed E-state index contributed by atoms with van der Waals surface area (Å²) < 4.78 is 27.0. The van der Waals surface area contributed by atoms with Crippen molar-refractivity contribution in [2.45, 2.75) is 6.92 Å². The first-order valence-electron chi connectivity index (χ1n) is 5.15. The number of ketones is 1. The van der Waals surface area contributed by atoms with Crippen LogP contribution in [-0.4, -0.2) is 5.78 Å². The number of carbonyl (C=O) groups excluding carboxylic acids is 1. The predicted octanol–water partition coefficient (Wildman–Crippen LogP) is 3.83. The van der Waals surface area contributed by atoms with Gasteiger partial charge in [-0.05, 0) is 24.6 Å². The number of hydrogen-bond acceptors (Lipinski definition) is 1. The third-order valence-electron chi connectivity index (χ3n) is 2.52. The van der Waals surface area contributed by atoms with Gasteiger partial charge in [0.15, 0.2) is 17.4 Å². The largest absolute Gasteiger partial charge is 0.295 e. The summed E-state index contributed by atoms with van der Waals surface area (Å²) in [5.74, 6) is -2.22. The molecule has 0 N–H and O–H groups in total. The molecule has 2 rings (SSSR count). The van der Waals surface area contributed by atoms with E-state index in [1.54, 1.807) is 30.3 Å². The maximum Gasteiger partial charge on any atom is 0.166 e. The number of rotatable bonds is 2. The van der Waals surface area contributed by atoms with E-state index >= 15 is 0 Å². The van der Waals surface area contributed by atoms with Gasteiger partial charge >= 0.3 is 0 Å². The fourth-order valence-corrected chi connectivity index (χ4v) is 1.62. The summed E-state index contributed by atoms with van der Waals surface area (Å²) in [6, 6.07) is 10.9. The zero-order valence-corrected chi connectivity index (χ0v) is 9.21. The van der Waals surface area contributed by atoms with E-state index in [1.807, 2.05) is 0 Å². The summed E-state index contributed by atoms with van der Waals surface area (Å²) in [6.07, 6.45) is 0. The van der Waals surface area contributed by atoms with Crippen LogP contribution in [-0.2, 0) is 0 Å². The van der Waals surface area contributed by atoms with Crippen molar-refractivity contribution in [3.8, 4) is 11.1 Å². The van der Waals surface area contributed by atoms with E-state index in [4.69, 9.17) is 0 Å². The van der Waals surface area contributed by atoms with Crippen molar-refractivity contribution in [1.82, 2.24) is 0 Å². The SMILES string of the molecule is CC(=O)c1cc(F)c(F)c(-c2ccccc2)c1. The van der Waals surface area contributed by atoms with Crippen LogP contribution >= 0.6 is 0 Å². The Balaban J connectivity index is 2.65. The summed E-state index contributed by atoms with van der Waals surface area (Å²) in [4.78, 5) is 11.2. The van der Waals surface area contributed by atoms with Gasteiger partial charge in [-0.3, -0.25) is 4.79 Å². The molecule has 3 heteroatoms. The van der Waals surface area contributed by atoms with Crippen LogP contribution in [0.1, 0.15) is 17.3 Å². The van der Waals surface area contributed by atoms with Gasteiger partial charge in [0.05, 0.1) is 0 Å². The molecule has 0 bridgehead atoms. The van der Waals surface area contributed by atoms with Gasteiger partial charge in [0.2, 0.25) is 0 Å². The van der Waals surface area contributed by atoms with Crippen LogP contribution in [0.5, 0.6) is 0 Å². The van der Waals surface area contributed by atoms with Crippen LogP contribution in [0, 0.1) is 11.6 Å². The van der Waals surface area contributed by atoms with E-state index in [0.29, 0.717) is 5.56 Å². The molecule has 0 aliphatic rings. The summed E-state index contributed by atoms with van der Waals surface area (Å²) in [7, 11) is 0. The van der Waals surface area contributed by atoms with Crippen LogP contribution in [0.25, 0.3) is 11.1 Å². The first-order valence-corrected chi connectivity index (χ1v) is 5.15. The molecule has 86 valence electrons. The van der Waals surface area contributed by atoms with E-state index < -0.39 is 11.6 Å². The van der Waals surface area contributed by atoms with Crippen LogP contribution in [0.3, 0.4) is 0 Å². The van der Waals surface area contributed by atoms with Crippen molar-refractivity contribution in [2.24, 2.45) is 0 Å². The average Bonchev–Trinajstić information content (AvgIpc) is 2.33. The van der Waals surface area contributed by atoms with Gasteiger partial charge in [0, 0.05) is 11.1 Å². The Hall–Kier alpha value is -2.03. The highest BCUT2D eigenvalue weighted by molar-refractivity contribution is 5.95. The van der Waals surface area contributed by atoms with E-state index in [1.165, 1.54) is 13.0 Å². The molecule has 2 aromatic rings. The first kappa shape index (κ1) is 11.5. The van der Waals surface area contributed by atoms with Gasteiger partial charge in [-0.1, -0.05) is 30.3 Å². The van der Waals surface area contributed by atoms with E-state index in [9.17, 15) is 13.6 Å². The molecule has 0 heterocycles. The monoisotopic (exact) mass is 232 g/mol. The van der Waals surface area contributed by atoms with E-state index in [0.717, 1.165) is 6.07 Å².